The summed E-state index contributed by atoms with van der Waals surface area (Å²) in [6, 6.07) is 19.4. The van der Waals surface area contributed by atoms with Gasteiger partial charge in [-0.2, -0.15) is 4.98 Å². The number of rotatable bonds is 8. The predicted octanol–water partition coefficient (Wildman–Crippen LogP) is 3.22. The summed E-state index contributed by atoms with van der Waals surface area (Å²) in [7, 11) is 0. The van der Waals surface area contributed by atoms with Crippen molar-refractivity contribution in [2.45, 2.75) is 44.1 Å². The Labute approximate surface area is 181 Å². The fraction of sp³-hybridized carbons (Fsp3) is 0.333. The van der Waals surface area contributed by atoms with E-state index >= 15 is 0 Å². The monoisotopic (exact) mass is 418 g/mol. The third-order valence-corrected chi connectivity index (χ3v) is 5.81. The second-order valence-electron chi connectivity index (χ2n) is 8.01. The van der Waals surface area contributed by atoms with Crippen LogP contribution >= 0.6 is 0 Å². The van der Waals surface area contributed by atoms with E-state index in [0.717, 1.165) is 18.4 Å². The second kappa shape index (κ2) is 9.55. The first-order chi connectivity index (χ1) is 15.1. The number of primary amides is 1. The molecule has 3 unspecified atom stereocenters. The van der Waals surface area contributed by atoms with Gasteiger partial charge in [0, 0.05) is 23.9 Å². The number of aromatic nitrogens is 2. The van der Waals surface area contributed by atoms with Crippen molar-refractivity contribution in [3.05, 3.63) is 72.1 Å². The maximum Gasteiger partial charge on any atom is 0.232 e. The number of aryl methyl sites for hydroxylation is 1. The first-order valence-electron chi connectivity index (χ1n) is 10.6. The zero-order valence-corrected chi connectivity index (χ0v) is 17.2. The zero-order valence-electron chi connectivity index (χ0n) is 17.2. The maximum atomic E-state index is 12.6. The first-order valence-corrected chi connectivity index (χ1v) is 10.6. The fourth-order valence-electron chi connectivity index (χ4n) is 4.17. The van der Waals surface area contributed by atoms with Crippen molar-refractivity contribution in [2.75, 3.05) is 0 Å². The summed E-state index contributed by atoms with van der Waals surface area (Å²) in [6.07, 6.45) is 2.98. The van der Waals surface area contributed by atoms with Gasteiger partial charge < -0.3 is 15.6 Å². The van der Waals surface area contributed by atoms with E-state index in [2.05, 4.69) is 27.6 Å². The smallest absolute Gasteiger partial charge is 0.232 e. The van der Waals surface area contributed by atoms with Crippen LogP contribution in [-0.4, -0.2) is 28.0 Å². The molecule has 1 heterocycles. The average molecular weight is 418 g/mol. The molecule has 2 amide bonds. The molecule has 0 spiro atoms. The van der Waals surface area contributed by atoms with Crippen molar-refractivity contribution in [2.24, 2.45) is 11.7 Å². The van der Waals surface area contributed by atoms with Gasteiger partial charge in [0.25, 0.3) is 0 Å². The molecule has 2 aromatic carbocycles. The summed E-state index contributed by atoms with van der Waals surface area (Å²) in [6.45, 7) is 0. The molecule has 7 nitrogen and oxygen atoms in total. The number of hydrogen-bond acceptors (Lipinski definition) is 5. The third kappa shape index (κ3) is 5.17. The second-order valence-corrected chi connectivity index (χ2v) is 8.01. The van der Waals surface area contributed by atoms with Crippen LogP contribution in [0.15, 0.2) is 65.2 Å². The molecule has 0 bridgehead atoms. The molecule has 160 valence electrons. The maximum absolute atomic E-state index is 12.6. The minimum atomic E-state index is -0.367. The number of hydrogen-bond donors (Lipinski definition) is 2. The van der Waals surface area contributed by atoms with Crippen LogP contribution < -0.4 is 11.1 Å². The lowest BCUT2D eigenvalue weighted by Gasteiger charge is -2.18. The Morgan fingerprint density at radius 2 is 1.74 bits per heavy atom. The molecule has 1 fully saturated rings. The Hall–Kier alpha value is -3.48. The molecule has 0 radical (unpaired) electrons. The van der Waals surface area contributed by atoms with Gasteiger partial charge in [0.2, 0.25) is 23.5 Å². The van der Waals surface area contributed by atoms with E-state index in [1.54, 1.807) is 0 Å². The van der Waals surface area contributed by atoms with E-state index in [9.17, 15) is 9.59 Å². The Balaban J connectivity index is 1.40. The molecule has 3 N–H and O–H groups in total. The van der Waals surface area contributed by atoms with Crippen molar-refractivity contribution in [1.29, 1.82) is 0 Å². The largest absolute Gasteiger partial charge is 0.369 e. The van der Waals surface area contributed by atoms with E-state index in [1.807, 2.05) is 48.5 Å². The van der Waals surface area contributed by atoms with Gasteiger partial charge in [-0.05, 0) is 31.2 Å². The van der Waals surface area contributed by atoms with Gasteiger partial charge in [0.05, 0.1) is 5.92 Å². The average Bonchev–Trinajstić information content (AvgIpc) is 3.42. The van der Waals surface area contributed by atoms with Crippen LogP contribution in [0.25, 0.3) is 11.4 Å². The van der Waals surface area contributed by atoms with Crippen molar-refractivity contribution < 1.29 is 14.1 Å². The van der Waals surface area contributed by atoms with Gasteiger partial charge in [-0.25, -0.2) is 0 Å². The van der Waals surface area contributed by atoms with E-state index in [1.165, 1.54) is 5.56 Å². The van der Waals surface area contributed by atoms with Gasteiger partial charge in [-0.3, -0.25) is 9.59 Å². The Morgan fingerprint density at radius 3 is 2.45 bits per heavy atom. The number of nitrogens with two attached hydrogens (primary N) is 1. The molecule has 3 atom stereocenters. The molecule has 0 aliphatic heterocycles. The molecular formula is C24H26N4O3. The van der Waals surface area contributed by atoms with Gasteiger partial charge in [0.1, 0.15) is 0 Å². The third-order valence-electron chi connectivity index (χ3n) is 5.81. The van der Waals surface area contributed by atoms with Gasteiger partial charge in [-0.15, -0.1) is 0 Å². The summed E-state index contributed by atoms with van der Waals surface area (Å²) in [5.74, 6) is -0.0528. The molecule has 4 rings (SSSR count). The normalized spacial score (nSPS) is 20.5. The Morgan fingerprint density at radius 1 is 1.03 bits per heavy atom. The summed E-state index contributed by atoms with van der Waals surface area (Å²) in [4.78, 5) is 28.9. The number of nitrogens with zero attached hydrogens (tertiary/aromatic N) is 2. The molecule has 1 saturated carbocycles. The van der Waals surface area contributed by atoms with Crippen LogP contribution in [0.3, 0.4) is 0 Å². The van der Waals surface area contributed by atoms with Crippen LogP contribution in [0.1, 0.15) is 43.1 Å². The summed E-state index contributed by atoms with van der Waals surface area (Å²) in [5, 5.41) is 7.16. The lowest BCUT2D eigenvalue weighted by molar-refractivity contribution is -0.123. The van der Waals surface area contributed by atoms with Crippen LogP contribution in [0.2, 0.25) is 0 Å². The highest BCUT2D eigenvalue weighted by Gasteiger charge is 2.41. The number of benzene rings is 2. The highest BCUT2D eigenvalue weighted by molar-refractivity contribution is 5.79. The van der Waals surface area contributed by atoms with Gasteiger partial charge in [0.15, 0.2) is 0 Å². The van der Waals surface area contributed by atoms with E-state index in [0.29, 0.717) is 31.0 Å². The number of amides is 2. The number of carbonyl (C=O) groups is 2. The van der Waals surface area contributed by atoms with Crippen molar-refractivity contribution in [3.8, 4) is 11.4 Å². The Kier molecular flexibility index (Phi) is 6.40. The highest BCUT2D eigenvalue weighted by Crippen LogP contribution is 2.38. The van der Waals surface area contributed by atoms with Crippen molar-refractivity contribution in [1.82, 2.24) is 15.5 Å². The zero-order chi connectivity index (χ0) is 21.6. The minimum absolute atomic E-state index is 0.0427. The van der Waals surface area contributed by atoms with Crippen molar-refractivity contribution >= 4 is 11.8 Å². The van der Waals surface area contributed by atoms with Gasteiger partial charge >= 0.3 is 0 Å². The molecule has 7 heteroatoms. The van der Waals surface area contributed by atoms with E-state index in [-0.39, 0.29) is 29.7 Å². The van der Waals surface area contributed by atoms with E-state index < -0.39 is 0 Å². The SMILES string of the molecule is NC(=O)C1CC(NC(=O)CCCc2ccccc2)C(c2nc(-c3ccccc3)no2)C1. The predicted molar refractivity (Wildman–Crippen MR) is 116 cm³/mol. The summed E-state index contributed by atoms with van der Waals surface area (Å²) >= 11 is 0. The molecule has 0 saturated heterocycles. The van der Waals surface area contributed by atoms with Gasteiger partial charge in [-0.1, -0.05) is 65.8 Å². The summed E-state index contributed by atoms with van der Waals surface area (Å²) < 4.78 is 5.52. The lowest BCUT2D eigenvalue weighted by Crippen LogP contribution is -2.37. The van der Waals surface area contributed by atoms with Crippen LogP contribution in [0, 0.1) is 5.92 Å². The fourth-order valence-corrected chi connectivity index (χ4v) is 4.17. The standard InChI is InChI=1S/C24H26N4O3/c25-22(30)18-14-19(24-27-23(28-31-24)17-11-5-2-6-12-17)20(15-18)26-21(29)13-7-10-16-8-3-1-4-9-16/h1-6,8-9,11-12,18-20H,7,10,13-15H2,(H2,25,30)(H,26,29). The number of nitrogens with one attached hydrogen (secondary N) is 1. The van der Waals surface area contributed by atoms with Crippen molar-refractivity contribution in [3.63, 3.8) is 0 Å². The highest BCUT2D eigenvalue weighted by atomic mass is 16.5. The summed E-state index contributed by atoms with van der Waals surface area (Å²) in [5.41, 5.74) is 7.61. The lowest BCUT2D eigenvalue weighted by atomic mass is 10.0. The Bertz CT molecular complexity index is 1020. The minimum Gasteiger partial charge on any atom is -0.369 e. The molecular weight excluding hydrogens is 392 g/mol. The van der Waals surface area contributed by atoms with Crippen LogP contribution in [0.4, 0.5) is 0 Å². The molecule has 1 aliphatic carbocycles. The van der Waals surface area contributed by atoms with E-state index in [4.69, 9.17) is 10.3 Å². The quantitative estimate of drug-likeness (QED) is 0.583. The molecule has 3 aromatic rings. The first kappa shape index (κ1) is 20.8. The number of carbonyl (C=O) groups excluding carboxylic acids is 2. The van der Waals surface area contributed by atoms with Crippen LogP contribution in [0.5, 0.6) is 0 Å². The molecule has 1 aromatic heterocycles. The van der Waals surface area contributed by atoms with Crippen LogP contribution in [-0.2, 0) is 16.0 Å². The molecule has 31 heavy (non-hydrogen) atoms. The topological polar surface area (TPSA) is 111 Å². The molecule has 1 aliphatic rings.